The number of imide groups is 1. The molecule has 1 unspecified atom stereocenters. The molecule has 9 heteroatoms. The van der Waals surface area contributed by atoms with Crippen molar-refractivity contribution in [2.45, 2.75) is 51.3 Å². The lowest BCUT2D eigenvalue weighted by Crippen LogP contribution is -2.56. The van der Waals surface area contributed by atoms with Gasteiger partial charge in [-0.1, -0.05) is 19.4 Å². The molecule has 3 heterocycles. The Morgan fingerprint density at radius 2 is 2.03 bits per heavy atom. The summed E-state index contributed by atoms with van der Waals surface area (Å²) in [4.78, 5) is 51.5. The van der Waals surface area contributed by atoms with Crippen molar-refractivity contribution in [3.8, 4) is 5.75 Å². The highest BCUT2D eigenvalue weighted by Gasteiger charge is 2.41. The molecule has 9 nitrogen and oxygen atoms in total. The number of amides is 4. The van der Waals surface area contributed by atoms with Crippen LogP contribution in [0.5, 0.6) is 5.75 Å². The number of carbonyl (C=O) groups is 4. The molecule has 1 aromatic rings. The standard InChI is InChI=1S/C21H25N3O6/c1-2-3-9-29-21(28)23-10-13(11-23)30-17-6-4-5-14-15(17)12-24(20(14)27)16-7-8-18(25)22-19(16)26/h4-6,13,16H,2-3,7-12H2,1H3,(H,22,25,26). The lowest BCUT2D eigenvalue weighted by Gasteiger charge is -2.38. The van der Waals surface area contributed by atoms with E-state index in [-0.39, 0.29) is 37.0 Å². The minimum Gasteiger partial charge on any atom is -0.486 e. The lowest BCUT2D eigenvalue weighted by molar-refractivity contribution is -0.136. The van der Waals surface area contributed by atoms with Crippen LogP contribution in [0.2, 0.25) is 0 Å². The summed E-state index contributed by atoms with van der Waals surface area (Å²) in [5.74, 6) is -0.405. The predicted molar refractivity (Wildman–Crippen MR) is 105 cm³/mol. The van der Waals surface area contributed by atoms with E-state index in [1.54, 1.807) is 23.1 Å². The summed E-state index contributed by atoms with van der Waals surface area (Å²) in [6, 6.07) is 4.60. The summed E-state index contributed by atoms with van der Waals surface area (Å²) in [6.07, 6.45) is 1.83. The van der Waals surface area contributed by atoms with Gasteiger partial charge in [0.25, 0.3) is 5.91 Å². The third-order valence-electron chi connectivity index (χ3n) is 5.66. The summed E-state index contributed by atoms with van der Waals surface area (Å²) in [5.41, 5.74) is 1.24. The summed E-state index contributed by atoms with van der Waals surface area (Å²) >= 11 is 0. The monoisotopic (exact) mass is 415 g/mol. The molecule has 2 fully saturated rings. The number of nitrogens with zero attached hydrogens (tertiary/aromatic N) is 2. The van der Waals surface area contributed by atoms with Crippen molar-refractivity contribution >= 4 is 23.8 Å². The molecule has 4 amide bonds. The Morgan fingerprint density at radius 1 is 1.23 bits per heavy atom. The molecule has 0 radical (unpaired) electrons. The van der Waals surface area contributed by atoms with Crippen molar-refractivity contribution in [3.63, 3.8) is 0 Å². The van der Waals surface area contributed by atoms with E-state index >= 15 is 0 Å². The Bertz CT molecular complexity index is 879. The zero-order valence-corrected chi connectivity index (χ0v) is 16.9. The zero-order chi connectivity index (χ0) is 21.3. The summed E-state index contributed by atoms with van der Waals surface area (Å²) < 4.78 is 11.2. The van der Waals surface area contributed by atoms with Gasteiger partial charge in [0.2, 0.25) is 11.8 Å². The van der Waals surface area contributed by atoms with Crippen LogP contribution in [0.25, 0.3) is 0 Å². The Kier molecular flexibility index (Phi) is 5.61. The Labute approximate surface area is 174 Å². The minimum absolute atomic E-state index is 0.171. The second kappa shape index (κ2) is 8.33. The molecule has 0 bridgehead atoms. The van der Waals surface area contributed by atoms with Crippen LogP contribution in [0.3, 0.4) is 0 Å². The molecule has 3 aliphatic rings. The van der Waals surface area contributed by atoms with Crippen LogP contribution in [0.4, 0.5) is 4.79 Å². The molecule has 0 spiro atoms. The van der Waals surface area contributed by atoms with Crippen LogP contribution >= 0.6 is 0 Å². The molecule has 4 rings (SSSR count). The maximum atomic E-state index is 12.8. The topological polar surface area (TPSA) is 105 Å². The van der Waals surface area contributed by atoms with Gasteiger partial charge in [0.1, 0.15) is 17.9 Å². The third-order valence-corrected chi connectivity index (χ3v) is 5.66. The largest absolute Gasteiger partial charge is 0.486 e. The fourth-order valence-corrected chi connectivity index (χ4v) is 3.90. The maximum Gasteiger partial charge on any atom is 0.410 e. The van der Waals surface area contributed by atoms with E-state index in [1.165, 1.54) is 4.90 Å². The van der Waals surface area contributed by atoms with E-state index in [9.17, 15) is 19.2 Å². The molecule has 30 heavy (non-hydrogen) atoms. The smallest absolute Gasteiger partial charge is 0.410 e. The van der Waals surface area contributed by atoms with Crippen LogP contribution in [-0.4, -0.2) is 65.5 Å². The van der Waals surface area contributed by atoms with Gasteiger partial charge in [-0.25, -0.2) is 4.79 Å². The van der Waals surface area contributed by atoms with Crippen molar-refractivity contribution < 1.29 is 28.7 Å². The summed E-state index contributed by atoms with van der Waals surface area (Å²) in [7, 11) is 0. The molecule has 0 saturated carbocycles. The fraction of sp³-hybridized carbons (Fsp3) is 0.524. The average Bonchev–Trinajstić information content (AvgIpc) is 3.02. The highest BCUT2D eigenvalue weighted by atomic mass is 16.6. The second-order valence-corrected chi connectivity index (χ2v) is 7.79. The number of likely N-dealkylation sites (tertiary alicyclic amines) is 1. The number of ether oxygens (including phenoxy) is 2. The molecule has 1 N–H and O–H groups in total. The number of fused-ring (bicyclic) bond motifs is 1. The van der Waals surface area contributed by atoms with Crippen LogP contribution in [-0.2, 0) is 20.9 Å². The number of rotatable bonds is 6. The van der Waals surface area contributed by atoms with E-state index in [4.69, 9.17) is 9.47 Å². The van der Waals surface area contributed by atoms with E-state index in [0.717, 1.165) is 18.4 Å². The number of carbonyl (C=O) groups excluding carboxylic acids is 4. The molecule has 0 aromatic heterocycles. The van der Waals surface area contributed by atoms with Gasteiger partial charge in [-0.2, -0.15) is 0 Å². The van der Waals surface area contributed by atoms with Gasteiger partial charge in [0, 0.05) is 17.5 Å². The van der Waals surface area contributed by atoms with Gasteiger partial charge in [0.15, 0.2) is 0 Å². The third kappa shape index (κ3) is 3.83. The molecule has 3 aliphatic heterocycles. The average molecular weight is 415 g/mol. The molecule has 0 aliphatic carbocycles. The number of piperidine rings is 1. The number of unbranched alkanes of at least 4 members (excludes halogenated alkanes) is 1. The number of benzene rings is 1. The van der Waals surface area contributed by atoms with E-state index < -0.39 is 11.9 Å². The van der Waals surface area contributed by atoms with Gasteiger partial charge in [-0.05, 0) is 25.0 Å². The molecular formula is C21H25N3O6. The first-order valence-corrected chi connectivity index (χ1v) is 10.3. The van der Waals surface area contributed by atoms with Crippen molar-refractivity contribution in [3.05, 3.63) is 29.3 Å². The van der Waals surface area contributed by atoms with Crippen molar-refractivity contribution in [2.75, 3.05) is 19.7 Å². The highest BCUT2D eigenvalue weighted by Crippen LogP contribution is 2.34. The molecule has 1 atom stereocenters. The fourth-order valence-electron chi connectivity index (χ4n) is 3.90. The molecular weight excluding hydrogens is 390 g/mol. The van der Waals surface area contributed by atoms with Crippen LogP contribution < -0.4 is 10.1 Å². The first kappa shape index (κ1) is 20.2. The van der Waals surface area contributed by atoms with Gasteiger partial charge >= 0.3 is 6.09 Å². The molecule has 1 aromatic carbocycles. The number of hydrogen-bond donors (Lipinski definition) is 1. The first-order valence-electron chi connectivity index (χ1n) is 10.3. The van der Waals surface area contributed by atoms with E-state index in [1.807, 2.05) is 6.92 Å². The molecule has 160 valence electrons. The quantitative estimate of drug-likeness (QED) is 0.557. The van der Waals surface area contributed by atoms with Crippen LogP contribution in [0.15, 0.2) is 18.2 Å². The predicted octanol–water partition coefficient (Wildman–Crippen LogP) is 1.45. The number of hydrogen-bond acceptors (Lipinski definition) is 6. The van der Waals surface area contributed by atoms with Crippen molar-refractivity contribution in [2.24, 2.45) is 0 Å². The number of nitrogens with one attached hydrogen (secondary N) is 1. The van der Waals surface area contributed by atoms with Gasteiger partial charge < -0.3 is 19.3 Å². The van der Waals surface area contributed by atoms with Gasteiger partial charge in [-0.15, -0.1) is 0 Å². The highest BCUT2D eigenvalue weighted by molar-refractivity contribution is 6.05. The van der Waals surface area contributed by atoms with E-state index in [2.05, 4.69) is 5.32 Å². The van der Waals surface area contributed by atoms with Crippen LogP contribution in [0, 0.1) is 0 Å². The Hall–Kier alpha value is -3.10. The van der Waals surface area contributed by atoms with Gasteiger partial charge in [-0.3, -0.25) is 19.7 Å². The van der Waals surface area contributed by atoms with E-state index in [0.29, 0.717) is 37.4 Å². The summed E-state index contributed by atoms with van der Waals surface area (Å²) in [5, 5.41) is 2.30. The van der Waals surface area contributed by atoms with Crippen molar-refractivity contribution in [1.29, 1.82) is 0 Å². The lowest BCUT2D eigenvalue weighted by atomic mass is 10.0. The second-order valence-electron chi connectivity index (χ2n) is 7.79. The minimum atomic E-state index is -0.660. The zero-order valence-electron chi connectivity index (χ0n) is 16.9. The van der Waals surface area contributed by atoms with Crippen LogP contribution in [0.1, 0.15) is 48.5 Å². The normalized spacial score (nSPS) is 21.2. The Morgan fingerprint density at radius 3 is 2.77 bits per heavy atom. The first-order chi connectivity index (χ1) is 14.5. The maximum absolute atomic E-state index is 12.8. The SMILES string of the molecule is CCCCOC(=O)N1CC(Oc2cccc3c2CN(C2CCC(=O)NC2=O)C3=O)C1. The van der Waals surface area contributed by atoms with Gasteiger partial charge in [0.05, 0.1) is 26.2 Å². The summed E-state index contributed by atoms with van der Waals surface area (Å²) in [6.45, 7) is 3.57. The molecule has 2 saturated heterocycles. The Balaban J connectivity index is 1.38. The van der Waals surface area contributed by atoms with Crippen molar-refractivity contribution in [1.82, 2.24) is 15.1 Å².